The highest BCUT2D eigenvalue weighted by Gasteiger charge is 2.42. The first-order chi connectivity index (χ1) is 18.1. The Morgan fingerprint density at radius 1 is 0.973 bits per heavy atom. The number of hydrogen-bond acceptors (Lipinski definition) is 6. The number of carbonyl (C=O) groups excluding carboxylic acids is 3. The number of rotatable bonds is 8. The summed E-state index contributed by atoms with van der Waals surface area (Å²) < 4.78 is 0. The predicted octanol–water partition coefficient (Wildman–Crippen LogP) is 3.58. The molecule has 5 rings (SSSR count). The molecular formula is C28H31N5O3S. The number of amidine groups is 2. The standard InChI is InChI=1S/C28H31N5O3S/c34-24(29-16-15-19-9-3-1-4-10-19)17-23-27(36)33-26(31-23)21-13-7-8-14-22(21)32-28(33)37-18-25(35)30-20-11-5-2-6-12-20/h1,3-4,7-10,13-14,20,23H,2,5-6,11-12,15-18H2,(H,29,34)(H,30,35)/t23-/m1/s1. The van der Waals surface area contributed by atoms with Crippen LogP contribution in [0.5, 0.6) is 0 Å². The van der Waals surface area contributed by atoms with E-state index in [9.17, 15) is 14.4 Å². The molecular weight excluding hydrogens is 486 g/mol. The number of aliphatic imine (C=N–C) groups is 2. The van der Waals surface area contributed by atoms with Gasteiger partial charge in [-0.15, -0.1) is 0 Å². The zero-order chi connectivity index (χ0) is 25.6. The monoisotopic (exact) mass is 517 g/mol. The van der Waals surface area contributed by atoms with Crippen molar-refractivity contribution in [2.45, 2.75) is 57.0 Å². The number of fused-ring (bicyclic) bond motifs is 3. The van der Waals surface area contributed by atoms with Crippen molar-refractivity contribution in [3.8, 4) is 0 Å². The van der Waals surface area contributed by atoms with Crippen molar-refractivity contribution in [2.75, 3.05) is 12.3 Å². The van der Waals surface area contributed by atoms with Gasteiger partial charge in [-0.1, -0.05) is 73.5 Å². The molecule has 37 heavy (non-hydrogen) atoms. The van der Waals surface area contributed by atoms with Crippen molar-refractivity contribution >= 4 is 46.2 Å². The molecule has 192 valence electrons. The summed E-state index contributed by atoms with van der Waals surface area (Å²) in [5.74, 6) is 0.0939. The quantitative estimate of drug-likeness (QED) is 0.559. The molecule has 2 aliphatic heterocycles. The minimum atomic E-state index is -0.820. The smallest absolute Gasteiger partial charge is 0.259 e. The number of amides is 3. The average molecular weight is 518 g/mol. The molecule has 1 saturated carbocycles. The third-order valence-electron chi connectivity index (χ3n) is 6.81. The fourth-order valence-electron chi connectivity index (χ4n) is 4.92. The zero-order valence-corrected chi connectivity index (χ0v) is 21.5. The number of hydrogen-bond donors (Lipinski definition) is 2. The Bertz CT molecular complexity index is 1220. The SMILES string of the molecule is O=C(C[C@H]1N=C2c3ccccc3N=C(SCC(=O)NC3CCCCC3)N2C1=O)NCCc1ccccc1. The first kappa shape index (κ1) is 25.2. The Kier molecular flexibility index (Phi) is 7.99. The van der Waals surface area contributed by atoms with Crippen LogP contribution in [0.4, 0.5) is 5.69 Å². The van der Waals surface area contributed by atoms with Crippen LogP contribution in [0.15, 0.2) is 64.6 Å². The second kappa shape index (κ2) is 11.7. The predicted molar refractivity (Wildman–Crippen MR) is 146 cm³/mol. The summed E-state index contributed by atoms with van der Waals surface area (Å²) in [7, 11) is 0. The van der Waals surface area contributed by atoms with Gasteiger partial charge in [0.2, 0.25) is 11.8 Å². The summed E-state index contributed by atoms with van der Waals surface area (Å²) in [6.07, 6.45) is 6.23. The lowest BCUT2D eigenvalue weighted by atomic mass is 9.95. The van der Waals surface area contributed by atoms with Crippen molar-refractivity contribution < 1.29 is 14.4 Å². The molecule has 1 aliphatic carbocycles. The Morgan fingerprint density at radius 2 is 1.73 bits per heavy atom. The maximum absolute atomic E-state index is 13.4. The van der Waals surface area contributed by atoms with Gasteiger partial charge in [-0.2, -0.15) is 0 Å². The molecule has 0 aromatic heterocycles. The van der Waals surface area contributed by atoms with Gasteiger partial charge in [-0.05, 0) is 37.0 Å². The van der Waals surface area contributed by atoms with Gasteiger partial charge in [0.05, 0.1) is 17.9 Å². The van der Waals surface area contributed by atoms with E-state index < -0.39 is 6.04 Å². The molecule has 0 bridgehead atoms. The number of carbonyl (C=O) groups is 3. The molecule has 0 unspecified atom stereocenters. The fraction of sp³-hybridized carbons (Fsp3) is 0.393. The van der Waals surface area contributed by atoms with Crippen LogP contribution in [0.25, 0.3) is 0 Å². The largest absolute Gasteiger partial charge is 0.356 e. The Morgan fingerprint density at radius 3 is 2.54 bits per heavy atom. The Labute approximate surface area is 221 Å². The summed E-state index contributed by atoms with van der Waals surface area (Å²) in [6.45, 7) is 0.492. The first-order valence-corrected chi connectivity index (χ1v) is 13.9. The van der Waals surface area contributed by atoms with E-state index in [1.54, 1.807) is 0 Å². The molecule has 1 atom stereocenters. The minimum absolute atomic E-state index is 0.0318. The highest BCUT2D eigenvalue weighted by atomic mass is 32.2. The molecule has 0 saturated heterocycles. The molecule has 2 heterocycles. The summed E-state index contributed by atoms with van der Waals surface area (Å²) in [5, 5.41) is 6.44. The van der Waals surface area contributed by atoms with Crippen molar-refractivity contribution in [2.24, 2.45) is 9.98 Å². The van der Waals surface area contributed by atoms with Gasteiger partial charge in [0, 0.05) is 18.2 Å². The molecule has 2 N–H and O–H groups in total. The highest BCUT2D eigenvalue weighted by molar-refractivity contribution is 8.14. The summed E-state index contributed by atoms with van der Waals surface area (Å²) >= 11 is 1.23. The molecule has 8 nitrogen and oxygen atoms in total. The average Bonchev–Trinajstić information content (AvgIpc) is 3.24. The number of nitrogens with zero attached hydrogens (tertiary/aromatic N) is 3. The first-order valence-electron chi connectivity index (χ1n) is 12.9. The van der Waals surface area contributed by atoms with E-state index in [2.05, 4.69) is 20.6 Å². The number of nitrogens with one attached hydrogen (secondary N) is 2. The van der Waals surface area contributed by atoms with Crippen LogP contribution in [0, 0.1) is 0 Å². The molecule has 2 aromatic rings. The van der Waals surface area contributed by atoms with Crippen LogP contribution in [0.3, 0.4) is 0 Å². The lowest BCUT2D eigenvalue weighted by molar-refractivity contribution is -0.128. The zero-order valence-electron chi connectivity index (χ0n) is 20.7. The van der Waals surface area contributed by atoms with Gasteiger partial charge in [0.25, 0.3) is 5.91 Å². The minimum Gasteiger partial charge on any atom is -0.356 e. The number of thioether (sulfide) groups is 1. The van der Waals surface area contributed by atoms with Gasteiger partial charge in [-0.3, -0.25) is 19.4 Å². The van der Waals surface area contributed by atoms with Crippen molar-refractivity contribution in [3.63, 3.8) is 0 Å². The summed E-state index contributed by atoms with van der Waals surface area (Å²) in [5.41, 5.74) is 2.59. The van der Waals surface area contributed by atoms with E-state index in [1.807, 2.05) is 54.6 Å². The maximum Gasteiger partial charge on any atom is 0.259 e. The third-order valence-corrected chi connectivity index (χ3v) is 7.75. The molecule has 2 aromatic carbocycles. The molecule has 0 spiro atoms. The highest BCUT2D eigenvalue weighted by Crippen LogP contribution is 2.34. The molecule has 9 heteroatoms. The van der Waals surface area contributed by atoms with Crippen molar-refractivity contribution in [3.05, 3.63) is 65.7 Å². The third kappa shape index (κ3) is 6.10. The molecule has 3 aliphatic rings. The van der Waals surface area contributed by atoms with E-state index in [0.29, 0.717) is 23.2 Å². The summed E-state index contributed by atoms with van der Waals surface area (Å²) in [4.78, 5) is 49.4. The topological polar surface area (TPSA) is 103 Å². The van der Waals surface area contributed by atoms with Crippen LogP contribution >= 0.6 is 11.8 Å². The molecule has 3 amide bonds. The lowest BCUT2D eigenvalue weighted by Gasteiger charge is -2.26. The van der Waals surface area contributed by atoms with Gasteiger partial charge < -0.3 is 10.6 Å². The lowest BCUT2D eigenvalue weighted by Crippen LogP contribution is -2.43. The normalized spacial score (nSPS) is 19.0. The second-order valence-corrected chi connectivity index (χ2v) is 10.5. The van der Waals surface area contributed by atoms with Gasteiger partial charge in [-0.25, -0.2) is 9.89 Å². The maximum atomic E-state index is 13.4. The van der Waals surface area contributed by atoms with Crippen LogP contribution in [0.1, 0.15) is 49.7 Å². The van der Waals surface area contributed by atoms with E-state index >= 15 is 0 Å². The summed E-state index contributed by atoms with van der Waals surface area (Å²) in [6, 6.07) is 16.8. The Balaban J connectivity index is 1.23. The molecule has 1 fully saturated rings. The molecule has 0 radical (unpaired) electrons. The van der Waals surface area contributed by atoms with Crippen molar-refractivity contribution in [1.29, 1.82) is 0 Å². The van der Waals surface area contributed by atoms with E-state index in [4.69, 9.17) is 0 Å². The van der Waals surface area contributed by atoms with E-state index in [0.717, 1.165) is 43.2 Å². The van der Waals surface area contributed by atoms with Gasteiger partial charge in [0.1, 0.15) is 11.9 Å². The second-order valence-electron chi connectivity index (χ2n) is 9.53. The van der Waals surface area contributed by atoms with Crippen LogP contribution in [-0.2, 0) is 20.8 Å². The van der Waals surface area contributed by atoms with Crippen LogP contribution < -0.4 is 10.6 Å². The van der Waals surface area contributed by atoms with Gasteiger partial charge >= 0.3 is 0 Å². The van der Waals surface area contributed by atoms with Crippen molar-refractivity contribution in [1.82, 2.24) is 15.5 Å². The number of para-hydroxylation sites is 1. The fourth-order valence-corrected chi connectivity index (χ4v) is 5.73. The Hall–Kier alpha value is -3.46. The number of benzene rings is 2. The van der Waals surface area contributed by atoms with Crippen LogP contribution in [-0.4, -0.2) is 58.0 Å². The van der Waals surface area contributed by atoms with Gasteiger partial charge in [0.15, 0.2) is 5.17 Å². The van der Waals surface area contributed by atoms with E-state index in [-0.39, 0.29) is 35.9 Å². The van der Waals surface area contributed by atoms with Crippen LogP contribution in [0.2, 0.25) is 0 Å². The van der Waals surface area contributed by atoms with E-state index in [1.165, 1.54) is 23.1 Å².